The minimum atomic E-state index is -0.665. The first-order chi connectivity index (χ1) is 12.2. The van der Waals surface area contributed by atoms with Gasteiger partial charge in [0.1, 0.15) is 18.0 Å². The lowest BCUT2D eigenvalue weighted by Gasteiger charge is -2.19. The quantitative estimate of drug-likeness (QED) is 0.858. The summed E-state index contributed by atoms with van der Waals surface area (Å²) < 4.78 is 17.6. The summed E-state index contributed by atoms with van der Waals surface area (Å²) >= 11 is 0. The van der Waals surface area contributed by atoms with Crippen LogP contribution in [0.5, 0.6) is 0 Å². The highest BCUT2D eigenvalue weighted by Crippen LogP contribution is 2.08. The second kappa shape index (κ2) is 10.2. The Morgan fingerprint density at radius 1 is 1.00 bits per heavy atom. The summed E-state index contributed by atoms with van der Waals surface area (Å²) in [4.78, 5) is 22.8. The van der Waals surface area contributed by atoms with Gasteiger partial charge in [0.15, 0.2) is 0 Å². The molecule has 0 radical (unpaired) electrons. The first-order valence-electron chi connectivity index (χ1n) is 8.19. The molecule has 2 N–H and O–H groups in total. The molecule has 0 aliphatic heterocycles. The molecule has 2 amide bonds. The Hall–Kier alpha value is -2.89. The predicted molar refractivity (Wildman–Crippen MR) is 100 cm³/mol. The van der Waals surface area contributed by atoms with E-state index in [9.17, 15) is 14.0 Å². The van der Waals surface area contributed by atoms with E-state index < -0.39 is 17.6 Å². The summed E-state index contributed by atoms with van der Waals surface area (Å²) in [5.41, 5.74) is 1.16. The maximum Gasteiger partial charge on any atom is 0.408 e. The number of amides is 2. The van der Waals surface area contributed by atoms with Gasteiger partial charge in [-0.05, 0) is 52.0 Å². The molecule has 0 heterocycles. The number of hydrogen-bond donors (Lipinski definition) is 2. The normalized spacial score (nSPS) is 10.2. The van der Waals surface area contributed by atoms with Gasteiger partial charge in [-0.15, -0.1) is 0 Å². The first-order valence-corrected chi connectivity index (χ1v) is 8.19. The van der Waals surface area contributed by atoms with E-state index in [-0.39, 0.29) is 12.4 Å². The van der Waals surface area contributed by atoms with Crippen molar-refractivity contribution < 1.29 is 18.7 Å². The fourth-order valence-corrected chi connectivity index (χ4v) is 1.74. The van der Waals surface area contributed by atoms with Crippen molar-refractivity contribution in [3.63, 3.8) is 0 Å². The zero-order valence-electron chi connectivity index (χ0n) is 15.5. The molecule has 0 spiro atoms. The molecule has 5 nitrogen and oxygen atoms in total. The maximum absolute atomic E-state index is 12.6. The van der Waals surface area contributed by atoms with Crippen molar-refractivity contribution in [2.75, 3.05) is 11.9 Å². The summed E-state index contributed by atoms with van der Waals surface area (Å²) in [5.74, 6) is -0.803. The van der Waals surface area contributed by atoms with Gasteiger partial charge in [0.25, 0.3) is 0 Å². The van der Waals surface area contributed by atoms with Gasteiger partial charge in [-0.25, -0.2) is 9.18 Å². The molecule has 0 aliphatic carbocycles. The molecule has 0 aromatic heterocycles. The van der Waals surface area contributed by atoms with Crippen LogP contribution in [0.2, 0.25) is 0 Å². The summed E-state index contributed by atoms with van der Waals surface area (Å²) in [6.07, 6.45) is -0.665. The maximum atomic E-state index is 12.6. The van der Waals surface area contributed by atoms with Crippen LogP contribution in [-0.2, 0) is 9.53 Å². The van der Waals surface area contributed by atoms with Crippen molar-refractivity contribution >= 4 is 17.7 Å². The summed E-state index contributed by atoms with van der Waals surface area (Å²) in [7, 11) is 0. The number of halogens is 1. The van der Waals surface area contributed by atoms with Gasteiger partial charge >= 0.3 is 6.09 Å². The molecule has 0 saturated heterocycles. The van der Waals surface area contributed by atoms with Crippen molar-refractivity contribution in [3.05, 3.63) is 66.0 Å². The van der Waals surface area contributed by atoms with E-state index in [0.29, 0.717) is 5.69 Å². The van der Waals surface area contributed by atoms with E-state index >= 15 is 0 Å². The lowest BCUT2D eigenvalue weighted by Crippen LogP contribution is -2.37. The van der Waals surface area contributed by atoms with Crippen LogP contribution < -0.4 is 10.6 Å². The monoisotopic (exact) mass is 360 g/mol. The van der Waals surface area contributed by atoms with Gasteiger partial charge in [0, 0.05) is 5.69 Å². The predicted octanol–water partition coefficient (Wildman–Crippen LogP) is 4.28. The van der Waals surface area contributed by atoms with Crippen LogP contribution in [0.25, 0.3) is 0 Å². The molecular formula is C20H25FN2O3. The smallest absolute Gasteiger partial charge is 0.408 e. The Morgan fingerprint density at radius 2 is 1.58 bits per heavy atom. The van der Waals surface area contributed by atoms with Crippen molar-refractivity contribution in [2.24, 2.45) is 0 Å². The minimum Gasteiger partial charge on any atom is -0.444 e. The highest BCUT2D eigenvalue weighted by atomic mass is 19.1. The third-order valence-electron chi connectivity index (χ3n) is 2.86. The van der Waals surface area contributed by atoms with Crippen molar-refractivity contribution in [3.8, 4) is 0 Å². The molecule has 140 valence electrons. The van der Waals surface area contributed by atoms with Crippen LogP contribution in [0, 0.1) is 12.7 Å². The third-order valence-corrected chi connectivity index (χ3v) is 2.86. The van der Waals surface area contributed by atoms with Gasteiger partial charge in [0.2, 0.25) is 5.91 Å². The molecule has 2 aromatic carbocycles. The van der Waals surface area contributed by atoms with E-state index in [1.165, 1.54) is 29.8 Å². The highest BCUT2D eigenvalue weighted by molar-refractivity contribution is 5.93. The number of aryl methyl sites for hydroxylation is 1. The van der Waals surface area contributed by atoms with Gasteiger partial charge in [-0.2, -0.15) is 0 Å². The zero-order chi connectivity index (χ0) is 19.6. The van der Waals surface area contributed by atoms with E-state index in [0.717, 1.165) is 0 Å². The average Bonchev–Trinajstić information content (AvgIpc) is 2.55. The molecule has 0 atom stereocenters. The van der Waals surface area contributed by atoms with Gasteiger partial charge in [-0.3, -0.25) is 4.79 Å². The largest absolute Gasteiger partial charge is 0.444 e. The number of rotatable bonds is 3. The lowest BCUT2D eigenvalue weighted by molar-refractivity contribution is -0.115. The van der Waals surface area contributed by atoms with Crippen LogP contribution in [0.3, 0.4) is 0 Å². The minimum absolute atomic E-state index is 0.216. The Morgan fingerprint density at radius 3 is 2.04 bits per heavy atom. The lowest BCUT2D eigenvalue weighted by atomic mass is 10.2. The summed E-state index contributed by atoms with van der Waals surface area (Å²) in [6, 6.07) is 15.6. The highest BCUT2D eigenvalue weighted by Gasteiger charge is 2.16. The molecule has 2 rings (SSSR count). The van der Waals surface area contributed by atoms with Gasteiger partial charge in [0.05, 0.1) is 0 Å². The van der Waals surface area contributed by atoms with E-state index in [1.54, 1.807) is 20.8 Å². The number of ether oxygens (including phenoxy) is 1. The van der Waals surface area contributed by atoms with Crippen LogP contribution in [0.4, 0.5) is 14.9 Å². The van der Waals surface area contributed by atoms with E-state index in [1.807, 2.05) is 18.2 Å². The van der Waals surface area contributed by atoms with Crippen molar-refractivity contribution in [2.45, 2.75) is 33.3 Å². The molecule has 0 saturated carbocycles. The molecule has 0 unspecified atom stereocenters. The molecular weight excluding hydrogens is 335 g/mol. The SMILES string of the molecule is CC(C)(C)OC(=O)NCC(=O)Nc1ccc(F)cc1.Cc1ccccc1. The van der Waals surface area contributed by atoms with Gasteiger partial charge < -0.3 is 15.4 Å². The van der Waals surface area contributed by atoms with Crippen LogP contribution in [-0.4, -0.2) is 24.1 Å². The Balaban J connectivity index is 0.000000401. The Kier molecular flexibility index (Phi) is 8.28. The fraction of sp³-hybridized carbons (Fsp3) is 0.300. The third kappa shape index (κ3) is 10.1. The molecule has 0 fully saturated rings. The number of anilines is 1. The number of carbonyl (C=O) groups is 2. The Labute approximate surface area is 153 Å². The molecule has 0 aliphatic rings. The van der Waals surface area contributed by atoms with Crippen LogP contribution >= 0.6 is 0 Å². The fourth-order valence-electron chi connectivity index (χ4n) is 1.74. The number of benzene rings is 2. The first kappa shape index (κ1) is 21.2. The van der Waals surface area contributed by atoms with Crippen LogP contribution in [0.15, 0.2) is 54.6 Å². The molecule has 0 bridgehead atoms. The molecule has 2 aromatic rings. The standard InChI is InChI=1S/C13H17FN2O3.C7H8/c1-13(2,3)19-12(18)15-8-11(17)16-10-6-4-9(14)5-7-10;1-7-5-3-2-4-6-7/h4-7H,8H2,1-3H3,(H,15,18)(H,16,17);2-6H,1H3. The molecule has 26 heavy (non-hydrogen) atoms. The second-order valence-corrected chi connectivity index (χ2v) is 6.57. The molecule has 6 heteroatoms. The Bertz CT molecular complexity index is 695. The van der Waals surface area contributed by atoms with E-state index in [4.69, 9.17) is 4.74 Å². The van der Waals surface area contributed by atoms with Crippen molar-refractivity contribution in [1.82, 2.24) is 5.32 Å². The van der Waals surface area contributed by atoms with E-state index in [2.05, 4.69) is 29.7 Å². The zero-order valence-corrected chi connectivity index (χ0v) is 15.5. The number of nitrogens with one attached hydrogen (secondary N) is 2. The number of hydrogen-bond acceptors (Lipinski definition) is 3. The summed E-state index contributed by atoms with van der Waals surface area (Å²) in [6.45, 7) is 7.05. The number of carbonyl (C=O) groups excluding carboxylic acids is 2. The van der Waals surface area contributed by atoms with Gasteiger partial charge in [-0.1, -0.05) is 35.9 Å². The number of alkyl carbamates (subject to hydrolysis) is 1. The van der Waals surface area contributed by atoms with Crippen LogP contribution in [0.1, 0.15) is 26.3 Å². The topological polar surface area (TPSA) is 67.4 Å². The average molecular weight is 360 g/mol. The second-order valence-electron chi connectivity index (χ2n) is 6.57. The summed E-state index contributed by atoms with van der Waals surface area (Å²) in [5, 5.41) is 4.83. The van der Waals surface area contributed by atoms with Crippen molar-refractivity contribution in [1.29, 1.82) is 0 Å².